The van der Waals surface area contributed by atoms with E-state index in [-0.39, 0.29) is 5.56 Å². The number of aryl methyl sites for hydroxylation is 1. The zero-order valence-electron chi connectivity index (χ0n) is 9.96. The summed E-state index contributed by atoms with van der Waals surface area (Å²) in [5.41, 5.74) is 0.0662. The third-order valence-corrected chi connectivity index (χ3v) is 3.18. The fourth-order valence-corrected chi connectivity index (χ4v) is 1.96. The highest BCUT2D eigenvalue weighted by molar-refractivity contribution is 14.1. The van der Waals surface area contributed by atoms with Crippen LogP contribution in [0.15, 0.2) is 11.0 Å². The molecule has 1 heterocycles. The Morgan fingerprint density at radius 2 is 2.31 bits per heavy atom. The average molecular weight is 335 g/mol. The van der Waals surface area contributed by atoms with Crippen LogP contribution < -0.4 is 10.9 Å². The molecule has 5 heteroatoms. The Bertz CT molecular complexity index is 403. The fraction of sp³-hybridized carbons (Fsp3) is 0.636. The second kappa shape index (κ2) is 6.34. The molecule has 0 aliphatic carbocycles. The van der Waals surface area contributed by atoms with Crippen molar-refractivity contribution in [1.82, 2.24) is 14.9 Å². The van der Waals surface area contributed by atoms with Crippen molar-refractivity contribution < 1.29 is 0 Å². The van der Waals surface area contributed by atoms with Gasteiger partial charge in [-0.25, -0.2) is 4.98 Å². The minimum Gasteiger partial charge on any atom is -0.317 e. The van der Waals surface area contributed by atoms with Crippen LogP contribution in [-0.4, -0.2) is 22.6 Å². The molecule has 0 saturated carbocycles. The van der Waals surface area contributed by atoms with Gasteiger partial charge in [0.1, 0.15) is 5.82 Å². The summed E-state index contributed by atoms with van der Waals surface area (Å²) in [4.78, 5) is 16.1. The Hall–Kier alpha value is -0.430. The molecule has 0 saturated heterocycles. The topological polar surface area (TPSA) is 46.9 Å². The molecule has 4 nitrogen and oxygen atoms in total. The van der Waals surface area contributed by atoms with Crippen LogP contribution >= 0.6 is 22.6 Å². The van der Waals surface area contributed by atoms with Gasteiger partial charge in [-0.1, -0.05) is 13.8 Å². The van der Waals surface area contributed by atoms with Gasteiger partial charge in [-0.05, 0) is 48.5 Å². The number of hydrogen-bond donors (Lipinski definition) is 1. The molecule has 1 rings (SSSR count). The van der Waals surface area contributed by atoms with Crippen molar-refractivity contribution in [1.29, 1.82) is 0 Å². The predicted octanol–water partition coefficient (Wildman–Crippen LogP) is 1.40. The van der Waals surface area contributed by atoms with Crippen molar-refractivity contribution in [3.63, 3.8) is 0 Å². The Labute approximate surface area is 110 Å². The first-order chi connectivity index (χ1) is 7.56. The van der Waals surface area contributed by atoms with E-state index in [1.165, 1.54) is 0 Å². The van der Waals surface area contributed by atoms with Crippen LogP contribution in [0.25, 0.3) is 0 Å². The van der Waals surface area contributed by atoms with Gasteiger partial charge in [-0.2, -0.15) is 0 Å². The monoisotopic (exact) mass is 335 g/mol. The highest BCUT2D eigenvalue weighted by Crippen LogP contribution is 2.02. The van der Waals surface area contributed by atoms with Crippen LogP contribution in [0.2, 0.25) is 0 Å². The largest absolute Gasteiger partial charge is 0.317 e. The molecule has 90 valence electrons. The van der Waals surface area contributed by atoms with E-state index in [0.717, 1.165) is 25.5 Å². The number of aromatic nitrogens is 2. The molecular formula is C11H18IN3O. The average Bonchev–Trinajstić information content (AvgIpc) is 2.27. The zero-order valence-corrected chi connectivity index (χ0v) is 12.1. The quantitative estimate of drug-likeness (QED) is 0.828. The highest BCUT2D eigenvalue weighted by Gasteiger charge is 2.09. The maximum absolute atomic E-state index is 11.9. The van der Waals surface area contributed by atoms with Crippen LogP contribution in [0, 0.1) is 16.4 Å². The summed E-state index contributed by atoms with van der Waals surface area (Å²) in [6, 6.07) is 0. The van der Waals surface area contributed by atoms with Gasteiger partial charge >= 0.3 is 0 Å². The summed E-state index contributed by atoms with van der Waals surface area (Å²) in [7, 11) is 0. The first kappa shape index (κ1) is 13.6. The molecule has 0 fully saturated rings. The third-order valence-electron chi connectivity index (χ3n) is 2.44. The summed E-state index contributed by atoms with van der Waals surface area (Å²) in [6.45, 7) is 8.70. The minimum absolute atomic E-state index is 0.0662. The molecule has 1 aromatic rings. The van der Waals surface area contributed by atoms with Gasteiger partial charge in [0.15, 0.2) is 0 Å². The van der Waals surface area contributed by atoms with Crippen LogP contribution in [-0.2, 0) is 6.54 Å². The molecular weight excluding hydrogens is 317 g/mol. The number of nitrogens with one attached hydrogen (secondary N) is 1. The van der Waals surface area contributed by atoms with E-state index in [9.17, 15) is 4.79 Å². The van der Waals surface area contributed by atoms with Crippen LogP contribution in [0.3, 0.4) is 0 Å². The highest BCUT2D eigenvalue weighted by atomic mass is 127. The Balaban J connectivity index is 2.80. The van der Waals surface area contributed by atoms with Crippen molar-refractivity contribution in [3.05, 3.63) is 25.9 Å². The van der Waals surface area contributed by atoms with Crippen molar-refractivity contribution in [2.75, 3.05) is 13.1 Å². The van der Waals surface area contributed by atoms with Crippen LogP contribution in [0.1, 0.15) is 19.7 Å². The van der Waals surface area contributed by atoms with Crippen LogP contribution in [0.4, 0.5) is 0 Å². The molecule has 16 heavy (non-hydrogen) atoms. The lowest BCUT2D eigenvalue weighted by molar-refractivity contribution is 0.434. The molecule has 0 radical (unpaired) electrons. The summed E-state index contributed by atoms with van der Waals surface area (Å²) >= 11 is 2.03. The van der Waals surface area contributed by atoms with E-state index < -0.39 is 0 Å². The van der Waals surface area contributed by atoms with Gasteiger partial charge in [0, 0.05) is 12.7 Å². The van der Waals surface area contributed by atoms with E-state index in [2.05, 4.69) is 24.1 Å². The van der Waals surface area contributed by atoms with Gasteiger partial charge in [-0.15, -0.1) is 0 Å². The molecule has 1 aromatic heterocycles. The second-order valence-electron chi connectivity index (χ2n) is 3.98. The lowest BCUT2D eigenvalue weighted by Gasteiger charge is -2.15. The van der Waals surface area contributed by atoms with E-state index in [1.807, 2.05) is 29.5 Å². The molecule has 0 aromatic carbocycles. The summed E-state index contributed by atoms with van der Waals surface area (Å²) in [5.74, 6) is 1.21. The van der Waals surface area contributed by atoms with Crippen LogP contribution in [0.5, 0.6) is 0 Å². The van der Waals surface area contributed by atoms with Gasteiger partial charge in [0.05, 0.1) is 3.57 Å². The van der Waals surface area contributed by atoms with Crippen molar-refractivity contribution in [2.45, 2.75) is 27.3 Å². The van der Waals surface area contributed by atoms with E-state index in [1.54, 1.807) is 10.8 Å². The first-order valence-corrected chi connectivity index (χ1v) is 6.56. The Kier molecular flexibility index (Phi) is 5.40. The van der Waals surface area contributed by atoms with Gasteiger partial charge < -0.3 is 5.32 Å². The molecule has 1 atom stereocenters. The standard InChI is InChI=1S/C11H18IN3O/c1-4-13-5-8(2)7-15-9(3)14-6-10(12)11(15)16/h6,8,13H,4-5,7H2,1-3H3. The maximum Gasteiger partial charge on any atom is 0.266 e. The Morgan fingerprint density at radius 1 is 1.62 bits per heavy atom. The lowest BCUT2D eigenvalue weighted by atomic mass is 10.2. The molecule has 0 amide bonds. The molecule has 0 bridgehead atoms. The molecule has 1 unspecified atom stereocenters. The van der Waals surface area contributed by atoms with Crippen molar-refractivity contribution in [3.8, 4) is 0 Å². The van der Waals surface area contributed by atoms with Gasteiger partial charge in [-0.3, -0.25) is 9.36 Å². The van der Waals surface area contributed by atoms with E-state index >= 15 is 0 Å². The van der Waals surface area contributed by atoms with Crippen molar-refractivity contribution >= 4 is 22.6 Å². The molecule has 1 N–H and O–H groups in total. The molecule has 0 spiro atoms. The predicted molar refractivity (Wildman–Crippen MR) is 73.7 cm³/mol. The summed E-state index contributed by atoms with van der Waals surface area (Å²) in [5, 5.41) is 3.28. The second-order valence-corrected chi connectivity index (χ2v) is 5.14. The summed E-state index contributed by atoms with van der Waals surface area (Å²) < 4.78 is 2.43. The van der Waals surface area contributed by atoms with E-state index in [0.29, 0.717) is 9.49 Å². The normalized spacial score (nSPS) is 12.8. The SMILES string of the molecule is CCNCC(C)Cn1c(C)ncc(I)c1=O. The number of hydrogen-bond acceptors (Lipinski definition) is 3. The minimum atomic E-state index is 0.0662. The van der Waals surface area contributed by atoms with E-state index in [4.69, 9.17) is 0 Å². The molecule has 0 aliphatic heterocycles. The maximum atomic E-state index is 11.9. The number of nitrogens with zero attached hydrogens (tertiary/aromatic N) is 2. The zero-order chi connectivity index (χ0) is 12.1. The third kappa shape index (κ3) is 3.55. The lowest BCUT2D eigenvalue weighted by Crippen LogP contribution is -2.31. The number of halogens is 1. The van der Waals surface area contributed by atoms with Crippen molar-refractivity contribution in [2.24, 2.45) is 5.92 Å². The summed E-state index contributed by atoms with van der Waals surface area (Å²) in [6.07, 6.45) is 1.63. The fourth-order valence-electron chi connectivity index (χ4n) is 1.53. The smallest absolute Gasteiger partial charge is 0.266 e. The number of rotatable bonds is 5. The Morgan fingerprint density at radius 3 is 2.94 bits per heavy atom. The first-order valence-electron chi connectivity index (χ1n) is 5.49. The van der Waals surface area contributed by atoms with Gasteiger partial charge in [0.2, 0.25) is 0 Å². The van der Waals surface area contributed by atoms with Gasteiger partial charge in [0.25, 0.3) is 5.56 Å². The molecule has 0 aliphatic rings.